The molecule has 0 bridgehead atoms. The van der Waals surface area contributed by atoms with Crippen LogP contribution in [-0.2, 0) is 0 Å². The molecule has 0 fully saturated rings. The van der Waals surface area contributed by atoms with Gasteiger partial charge in [0.05, 0.1) is 6.54 Å². The van der Waals surface area contributed by atoms with E-state index in [0.717, 1.165) is 0 Å². The van der Waals surface area contributed by atoms with Crippen LogP contribution in [0.15, 0.2) is 35.7 Å². The number of aromatic nitrogens is 1. The molecule has 0 N–H and O–H groups in total. The predicted octanol–water partition coefficient (Wildman–Crippen LogP) is 1.58. The molecule has 1 aliphatic heterocycles. The molecule has 0 amide bonds. The molecular weight excluding hydrogens is 169 g/mol. The second-order valence-corrected chi connectivity index (χ2v) is 2.59. The van der Waals surface area contributed by atoms with E-state index in [1.165, 1.54) is 6.07 Å². The monoisotopic (exact) mass is 177 g/mol. The molecule has 0 aliphatic carbocycles. The summed E-state index contributed by atoms with van der Waals surface area (Å²) in [7, 11) is 0. The van der Waals surface area contributed by atoms with Gasteiger partial charge < -0.3 is 4.90 Å². The van der Waals surface area contributed by atoms with Crippen LogP contribution in [0, 0.1) is 5.82 Å². The van der Waals surface area contributed by atoms with Crippen molar-refractivity contribution in [3.05, 3.63) is 36.5 Å². The normalized spacial score (nSPS) is 15.0. The van der Waals surface area contributed by atoms with E-state index in [0.29, 0.717) is 12.4 Å². The third-order valence-corrected chi connectivity index (χ3v) is 1.73. The SMILES string of the molecule is Fc1cccnc1N1C=CN=CC1. The molecule has 0 spiro atoms. The van der Waals surface area contributed by atoms with Gasteiger partial charge in [-0.1, -0.05) is 0 Å². The Morgan fingerprint density at radius 3 is 3.08 bits per heavy atom. The molecule has 1 aliphatic rings. The first kappa shape index (κ1) is 7.91. The van der Waals surface area contributed by atoms with E-state index in [1.54, 1.807) is 35.8 Å². The highest BCUT2D eigenvalue weighted by molar-refractivity contribution is 5.68. The van der Waals surface area contributed by atoms with Crippen molar-refractivity contribution in [3.63, 3.8) is 0 Å². The minimum absolute atomic E-state index is 0.317. The van der Waals surface area contributed by atoms with Gasteiger partial charge in [-0.05, 0) is 12.1 Å². The lowest BCUT2D eigenvalue weighted by atomic mass is 10.4. The average Bonchev–Trinajstić information content (AvgIpc) is 2.20. The molecule has 1 aromatic heterocycles. The summed E-state index contributed by atoms with van der Waals surface area (Å²) in [6, 6.07) is 2.96. The van der Waals surface area contributed by atoms with Crippen molar-refractivity contribution >= 4 is 12.0 Å². The molecule has 4 heteroatoms. The molecule has 3 nitrogen and oxygen atoms in total. The third kappa shape index (κ3) is 1.56. The molecule has 0 saturated carbocycles. The minimum atomic E-state index is -0.317. The van der Waals surface area contributed by atoms with Crippen LogP contribution in [0.5, 0.6) is 0 Å². The maximum absolute atomic E-state index is 13.2. The van der Waals surface area contributed by atoms with Crippen LogP contribution in [0.3, 0.4) is 0 Å². The Kier molecular flexibility index (Phi) is 2.04. The van der Waals surface area contributed by atoms with Gasteiger partial charge in [-0.25, -0.2) is 9.37 Å². The second-order valence-electron chi connectivity index (χ2n) is 2.59. The molecule has 0 unspecified atom stereocenters. The highest BCUT2D eigenvalue weighted by Gasteiger charge is 2.09. The number of halogens is 1. The smallest absolute Gasteiger partial charge is 0.169 e. The maximum Gasteiger partial charge on any atom is 0.169 e. The van der Waals surface area contributed by atoms with E-state index in [4.69, 9.17) is 0 Å². The number of anilines is 1. The molecule has 1 aromatic rings. The van der Waals surface area contributed by atoms with Gasteiger partial charge in [0.25, 0.3) is 0 Å². The number of pyridine rings is 1. The van der Waals surface area contributed by atoms with Crippen molar-refractivity contribution < 1.29 is 4.39 Å². The van der Waals surface area contributed by atoms with Crippen LogP contribution in [0.1, 0.15) is 0 Å². The summed E-state index contributed by atoms with van der Waals surface area (Å²) in [5.74, 6) is 0.0207. The minimum Gasteiger partial charge on any atom is -0.324 e. The highest BCUT2D eigenvalue weighted by Crippen LogP contribution is 2.15. The fourth-order valence-electron chi connectivity index (χ4n) is 1.12. The van der Waals surface area contributed by atoms with Crippen LogP contribution >= 0.6 is 0 Å². The van der Waals surface area contributed by atoms with Crippen LogP contribution in [0.4, 0.5) is 10.2 Å². The fraction of sp³-hybridized carbons (Fsp3) is 0.111. The fourth-order valence-corrected chi connectivity index (χ4v) is 1.12. The first-order valence-corrected chi connectivity index (χ1v) is 3.93. The number of hydrogen-bond acceptors (Lipinski definition) is 3. The molecule has 0 aromatic carbocycles. The largest absolute Gasteiger partial charge is 0.324 e. The van der Waals surface area contributed by atoms with Gasteiger partial charge >= 0.3 is 0 Å². The van der Waals surface area contributed by atoms with Crippen molar-refractivity contribution in [2.24, 2.45) is 4.99 Å². The van der Waals surface area contributed by atoms with E-state index >= 15 is 0 Å². The Morgan fingerprint density at radius 2 is 2.38 bits per heavy atom. The van der Waals surface area contributed by atoms with Crippen molar-refractivity contribution in [1.82, 2.24) is 4.98 Å². The highest BCUT2D eigenvalue weighted by atomic mass is 19.1. The summed E-state index contributed by atoms with van der Waals surface area (Å²) >= 11 is 0. The summed E-state index contributed by atoms with van der Waals surface area (Å²) in [4.78, 5) is 9.52. The van der Waals surface area contributed by atoms with Gasteiger partial charge in [-0.2, -0.15) is 0 Å². The Hall–Kier alpha value is -1.71. The van der Waals surface area contributed by atoms with Gasteiger partial charge in [0.1, 0.15) is 0 Å². The van der Waals surface area contributed by atoms with Gasteiger partial charge in [-0.3, -0.25) is 4.99 Å². The Bertz CT molecular complexity index is 360. The number of hydrogen-bond donors (Lipinski definition) is 0. The molecule has 0 atom stereocenters. The standard InChI is InChI=1S/C9H8FN3/c10-8-2-1-3-12-9(8)13-6-4-11-5-7-13/h1-6H,7H2. The van der Waals surface area contributed by atoms with Gasteiger partial charge in [-0.15, -0.1) is 0 Å². The van der Waals surface area contributed by atoms with Crippen molar-refractivity contribution in [3.8, 4) is 0 Å². The molecule has 2 heterocycles. The second kappa shape index (κ2) is 3.35. The van der Waals surface area contributed by atoms with E-state index in [1.807, 2.05) is 0 Å². The zero-order valence-electron chi connectivity index (χ0n) is 6.89. The molecule has 0 saturated heterocycles. The lowest BCUT2D eigenvalue weighted by Gasteiger charge is -2.18. The number of aliphatic imine (C=N–C) groups is 1. The predicted molar refractivity (Wildman–Crippen MR) is 49.2 cm³/mol. The first-order chi connectivity index (χ1) is 6.38. The summed E-state index contributed by atoms with van der Waals surface area (Å²) < 4.78 is 13.2. The molecule has 0 radical (unpaired) electrons. The Balaban J connectivity index is 2.30. The van der Waals surface area contributed by atoms with Crippen molar-refractivity contribution in [1.29, 1.82) is 0 Å². The molecule has 2 rings (SSSR count). The first-order valence-electron chi connectivity index (χ1n) is 3.93. The lowest BCUT2D eigenvalue weighted by Crippen LogP contribution is -2.22. The number of rotatable bonds is 1. The maximum atomic E-state index is 13.2. The Morgan fingerprint density at radius 1 is 1.46 bits per heavy atom. The van der Waals surface area contributed by atoms with Crippen molar-refractivity contribution in [2.75, 3.05) is 11.4 Å². The molecule has 13 heavy (non-hydrogen) atoms. The summed E-state index contributed by atoms with van der Waals surface area (Å²) in [5.41, 5.74) is 0. The molecule has 66 valence electrons. The van der Waals surface area contributed by atoms with Crippen LogP contribution < -0.4 is 4.90 Å². The van der Waals surface area contributed by atoms with Crippen LogP contribution in [0.2, 0.25) is 0 Å². The van der Waals surface area contributed by atoms with Gasteiger partial charge in [0.2, 0.25) is 0 Å². The summed E-state index contributed by atoms with van der Waals surface area (Å²) in [6.07, 6.45) is 6.58. The zero-order valence-corrected chi connectivity index (χ0v) is 6.89. The van der Waals surface area contributed by atoms with E-state index in [-0.39, 0.29) is 5.82 Å². The summed E-state index contributed by atoms with van der Waals surface area (Å²) in [6.45, 7) is 0.560. The quantitative estimate of drug-likeness (QED) is 0.651. The van der Waals surface area contributed by atoms with Crippen LogP contribution in [0.25, 0.3) is 0 Å². The lowest BCUT2D eigenvalue weighted by molar-refractivity contribution is 0.620. The van der Waals surface area contributed by atoms with Gasteiger partial charge in [0.15, 0.2) is 11.6 Å². The van der Waals surface area contributed by atoms with Gasteiger partial charge in [0, 0.05) is 24.8 Å². The molecular formula is C9H8FN3. The zero-order chi connectivity index (χ0) is 9.10. The third-order valence-electron chi connectivity index (χ3n) is 1.73. The van der Waals surface area contributed by atoms with E-state index < -0.39 is 0 Å². The Labute approximate surface area is 75.2 Å². The van der Waals surface area contributed by atoms with E-state index in [2.05, 4.69) is 9.98 Å². The summed E-state index contributed by atoms with van der Waals surface area (Å²) in [5, 5.41) is 0. The van der Waals surface area contributed by atoms with Crippen LogP contribution in [-0.4, -0.2) is 17.7 Å². The van der Waals surface area contributed by atoms with Crippen molar-refractivity contribution in [2.45, 2.75) is 0 Å². The average molecular weight is 177 g/mol. The number of nitrogens with zero attached hydrogens (tertiary/aromatic N) is 3. The topological polar surface area (TPSA) is 28.5 Å². The van der Waals surface area contributed by atoms with E-state index in [9.17, 15) is 4.39 Å².